The van der Waals surface area contributed by atoms with Gasteiger partial charge in [0.1, 0.15) is 18.0 Å². The van der Waals surface area contributed by atoms with Crippen molar-refractivity contribution >= 4 is 46.6 Å². The van der Waals surface area contributed by atoms with E-state index >= 15 is 0 Å². The summed E-state index contributed by atoms with van der Waals surface area (Å²) in [5.74, 6) is 1.24. The van der Waals surface area contributed by atoms with Crippen molar-refractivity contribution in [3.63, 3.8) is 0 Å². The number of carbonyl (C=O) groups excluding carboxylic acids is 1. The zero-order valence-corrected chi connectivity index (χ0v) is 13.7. The Morgan fingerprint density at radius 3 is 2.65 bits per heavy atom. The average molecular weight is 352 g/mol. The number of nitrogens with one attached hydrogen (secondary N) is 2. The number of aromatic nitrogens is 2. The molecular weight excluding hydrogens is 337 g/mol. The van der Waals surface area contributed by atoms with Crippen LogP contribution in [0, 0.1) is 0 Å². The van der Waals surface area contributed by atoms with Crippen molar-refractivity contribution < 1.29 is 4.79 Å². The summed E-state index contributed by atoms with van der Waals surface area (Å²) in [6.45, 7) is 1.95. The summed E-state index contributed by atoms with van der Waals surface area (Å²) in [4.78, 5) is 22.6. The van der Waals surface area contributed by atoms with Gasteiger partial charge in [0.2, 0.25) is 0 Å². The molecule has 1 aromatic heterocycles. The summed E-state index contributed by atoms with van der Waals surface area (Å²) in [7, 11) is 0. The molecule has 0 aliphatic carbocycles. The fraction of sp³-hybridized carbons (Fsp3) is 0.267. The topological polar surface area (TPSA) is 70.2 Å². The standard InChI is InChI=1S/C15H15Cl2N5O/c16-10-3-4-11(17)12(7-10)20-15(23)21-13-8-14(19-9-18-13)22-5-1-2-6-22/h3-4,7-9H,1-2,5-6H2,(H2,18,19,20,21,23). The number of carbonyl (C=O) groups is 1. The molecule has 0 bridgehead atoms. The zero-order chi connectivity index (χ0) is 16.2. The summed E-state index contributed by atoms with van der Waals surface area (Å²) < 4.78 is 0. The van der Waals surface area contributed by atoms with E-state index in [1.54, 1.807) is 24.3 Å². The molecule has 1 aromatic carbocycles. The van der Waals surface area contributed by atoms with Crippen molar-refractivity contribution in [3.05, 3.63) is 40.6 Å². The molecule has 1 aliphatic rings. The van der Waals surface area contributed by atoms with Gasteiger partial charge in [-0.3, -0.25) is 5.32 Å². The van der Waals surface area contributed by atoms with Gasteiger partial charge >= 0.3 is 6.03 Å². The lowest BCUT2D eigenvalue weighted by Crippen LogP contribution is -2.22. The van der Waals surface area contributed by atoms with Crippen LogP contribution >= 0.6 is 23.2 Å². The molecular formula is C15H15Cl2N5O. The fourth-order valence-electron chi connectivity index (χ4n) is 2.40. The lowest BCUT2D eigenvalue weighted by atomic mass is 10.3. The van der Waals surface area contributed by atoms with E-state index in [1.807, 2.05) is 0 Å². The van der Waals surface area contributed by atoms with Gasteiger partial charge in [-0.2, -0.15) is 0 Å². The van der Waals surface area contributed by atoms with Crippen molar-refractivity contribution in [2.45, 2.75) is 12.8 Å². The van der Waals surface area contributed by atoms with Crippen LogP contribution in [0.25, 0.3) is 0 Å². The van der Waals surface area contributed by atoms with E-state index in [2.05, 4.69) is 25.5 Å². The highest BCUT2D eigenvalue weighted by Crippen LogP contribution is 2.25. The fourth-order valence-corrected chi connectivity index (χ4v) is 2.73. The smallest absolute Gasteiger partial charge is 0.324 e. The zero-order valence-electron chi connectivity index (χ0n) is 12.2. The first kappa shape index (κ1) is 15.8. The van der Waals surface area contributed by atoms with Crippen LogP contribution in [0.2, 0.25) is 10.0 Å². The normalized spacial score (nSPS) is 13.9. The number of rotatable bonds is 3. The molecule has 0 saturated carbocycles. The second-order valence-electron chi connectivity index (χ2n) is 5.16. The average Bonchev–Trinajstić information content (AvgIpc) is 3.05. The van der Waals surface area contributed by atoms with E-state index in [0.29, 0.717) is 21.6 Å². The maximum atomic E-state index is 12.1. The minimum absolute atomic E-state index is 0.407. The highest BCUT2D eigenvalue weighted by molar-refractivity contribution is 6.35. The predicted molar refractivity (Wildman–Crippen MR) is 92.6 cm³/mol. The minimum atomic E-state index is -0.444. The van der Waals surface area contributed by atoms with Gasteiger partial charge in [-0.15, -0.1) is 0 Å². The Balaban J connectivity index is 1.68. The van der Waals surface area contributed by atoms with E-state index in [4.69, 9.17) is 23.2 Å². The van der Waals surface area contributed by atoms with Gasteiger partial charge in [0, 0.05) is 24.2 Å². The van der Waals surface area contributed by atoms with Crippen molar-refractivity contribution in [3.8, 4) is 0 Å². The molecule has 0 atom stereocenters. The van der Waals surface area contributed by atoms with Gasteiger partial charge in [-0.1, -0.05) is 23.2 Å². The van der Waals surface area contributed by atoms with Crippen molar-refractivity contribution in [2.75, 3.05) is 28.6 Å². The van der Waals surface area contributed by atoms with Crippen LogP contribution in [0.3, 0.4) is 0 Å². The molecule has 1 fully saturated rings. The monoisotopic (exact) mass is 351 g/mol. The van der Waals surface area contributed by atoms with Crippen molar-refractivity contribution in [1.82, 2.24) is 9.97 Å². The SMILES string of the molecule is O=C(Nc1cc(N2CCCC2)ncn1)Nc1cc(Cl)ccc1Cl. The van der Waals surface area contributed by atoms with Crippen LogP contribution in [-0.2, 0) is 0 Å². The minimum Gasteiger partial charge on any atom is -0.356 e. The summed E-state index contributed by atoms with van der Waals surface area (Å²) >= 11 is 11.9. The Kier molecular flexibility index (Phi) is 4.83. The third-order valence-corrected chi connectivity index (χ3v) is 4.07. The van der Waals surface area contributed by atoms with Crippen LogP contribution in [-0.4, -0.2) is 29.1 Å². The van der Waals surface area contributed by atoms with E-state index in [0.717, 1.165) is 31.7 Å². The third-order valence-electron chi connectivity index (χ3n) is 3.50. The highest BCUT2D eigenvalue weighted by atomic mass is 35.5. The molecule has 120 valence electrons. The number of anilines is 3. The molecule has 8 heteroatoms. The van der Waals surface area contributed by atoms with Crippen LogP contribution in [0.15, 0.2) is 30.6 Å². The van der Waals surface area contributed by atoms with Crippen molar-refractivity contribution in [2.24, 2.45) is 0 Å². The molecule has 0 unspecified atom stereocenters. The Labute approximate surface area is 143 Å². The molecule has 2 heterocycles. The highest BCUT2D eigenvalue weighted by Gasteiger charge is 2.15. The predicted octanol–water partition coefficient (Wildman–Crippen LogP) is 4.03. The number of halogens is 2. The number of urea groups is 1. The molecule has 2 aromatic rings. The summed E-state index contributed by atoms with van der Waals surface area (Å²) in [6.07, 6.45) is 3.75. The van der Waals surface area contributed by atoms with Gasteiger partial charge in [-0.05, 0) is 31.0 Å². The second-order valence-corrected chi connectivity index (χ2v) is 6.00. The summed E-state index contributed by atoms with van der Waals surface area (Å²) in [5.41, 5.74) is 0.436. The number of hydrogen-bond donors (Lipinski definition) is 2. The quantitative estimate of drug-likeness (QED) is 0.875. The maximum Gasteiger partial charge on any atom is 0.324 e. The summed E-state index contributed by atoms with van der Waals surface area (Å²) in [5, 5.41) is 6.22. The first-order chi connectivity index (χ1) is 11.1. The van der Waals surface area contributed by atoms with Gasteiger partial charge in [0.25, 0.3) is 0 Å². The van der Waals surface area contributed by atoms with E-state index in [1.165, 1.54) is 6.33 Å². The largest absolute Gasteiger partial charge is 0.356 e. The number of amides is 2. The lowest BCUT2D eigenvalue weighted by Gasteiger charge is -2.16. The maximum absolute atomic E-state index is 12.1. The van der Waals surface area contributed by atoms with Crippen molar-refractivity contribution in [1.29, 1.82) is 0 Å². The molecule has 2 amide bonds. The van der Waals surface area contributed by atoms with Gasteiger partial charge < -0.3 is 10.2 Å². The van der Waals surface area contributed by atoms with Gasteiger partial charge in [0.05, 0.1) is 10.7 Å². The molecule has 6 nitrogen and oxygen atoms in total. The van der Waals surface area contributed by atoms with E-state index in [9.17, 15) is 4.79 Å². The Hall–Kier alpha value is -2.05. The number of hydrogen-bond acceptors (Lipinski definition) is 4. The molecule has 3 rings (SSSR count). The first-order valence-corrected chi connectivity index (χ1v) is 7.97. The van der Waals surface area contributed by atoms with Crippen LogP contribution in [0.4, 0.5) is 22.1 Å². The van der Waals surface area contributed by atoms with Gasteiger partial charge in [0.15, 0.2) is 0 Å². The molecule has 0 radical (unpaired) electrons. The van der Waals surface area contributed by atoms with Crippen LogP contribution in [0.5, 0.6) is 0 Å². The van der Waals surface area contributed by atoms with E-state index < -0.39 is 6.03 Å². The van der Waals surface area contributed by atoms with E-state index in [-0.39, 0.29) is 0 Å². The number of benzene rings is 1. The molecule has 1 saturated heterocycles. The second kappa shape index (κ2) is 7.02. The van der Waals surface area contributed by atoms with Crippen LogP contribution < -0.4 is 15.5 Å². The Morgan fingerprint density at radius 1 is 1.09 bits per heavy atom. The Morgan fingerprint density at radius 2 is 1.87 bits per heavy atom. The first-order valence-electron chi connectivity index (χ1n) is 7.22. The molecule has 0 spiro atoms. The lowest BCUT2D eigenvalue weighted by molar-refractivity contribution is 0.262. The van der Waals surface area contributed by atoms with Crippen LogP contribution in [0.1, 0.15) is 12.8 Å². The molecule has 23 heavy (non-hydrogen) atoms. The van der Waals surface area contributed by atoms with Gasteiger partial charge in [-0.25, -0.2) is 14.8 Å². The molecule has 1 aliphatic heterocycles. The summed E-state index contributed by atoms with van der Waals surface area (Å²) in [6, 6.07) is 6.17. The Bertz CT molecular complexity index is 719. The number of nitrogens with zero attached hydrogens (tertiary/aromatic N) is 3. The third kappa shape index (κ3) is 4.03. The molecule has 2 N–H and O–H groups in total.